The van der Waals surface area contributed by atoms with E-state index in [-0.39, 0.29) is 5.91 Å². The molecule has 0 bridgehead atoms. The average molecular weight is 390 g/mol. The van der Waals surface area contributed by atoms with Gasteiger partial charge in [-0.2, -0.15) is 15.5 Å². The van der Waals surface area contributed by atoms with Crippen LogP contribution in [0.15, 0.2) is 42.7 Å². The monoisotopic (exact) mass is 390 g/mol. The number of nitrogens with one attached hydrogen (secondary N) is 1. The fraction of sp³-hybridized carbons (Fsp3) is 0.364. The Balaban J connectivity index is 1.44. The summed E-state index contributed by atoms with van der Waals surface area (Å²) in [5.41, 5.74) is 5.27. The zero-order valence-electron chi connectivity index (χ0n) is 16.9. The molecule has 0 atom stereocenters. The highest BCUT2D eigenvalue weighted by Crippen LogP contribution is 2.15. The van der Waals surface area contributed by atoms with Crippen molar-refractivity contribution < 1.29 is 4.79 Å². The molecule has 3 aromatic rings. The smallest absolute Gasteiger partial charge is 0.220 e. The fourth-order valence-corrected chi connectivity index (χ4v) is 3.38. The number of nitriles is 1. The number of hydrogen-bond donors (Lipinski definition) is 1. The van der Waals surface area contributed by atoms with Gasteiger partial charge in [0.25, 0.3) is 0 Å². The Morgan fingerprint density at radius 2 is 2.00 bits per heavy atom. The van der Waals surface area contributed by atoms with Crippen LogP contribution in [0.5, 0.6) is 0 Å². The van der Waals surface area contributed by atoms with Crippen molar-refractivity contribution in [1.29, 1.82) is 5.26 Å². The summed E-state index contributed by atoms with van der Waals surface area (Å²) in [6, 6.07) is 12.2. The lowest BCUT2D eigenvalue weighted by Crippen LogP contribution is -2.26. The first-order valence-corrected chi connectivity index (χ1v) is 9.84. The molecule has 0 radical (unpaired) electrons. The molecule has 1 aromatic carbocycles. The van der Waals surface area contributed by atoms with Crippen molar-refractivity contribution in [2.45, 2.75) is 46.1 Å². The van der Waals surface area contributed by atoms with Crippen LogP contribution < -0.4 is 5.32 Å². The molecule has 3 rings (SSSR count). The fourth-order valence-electron chi connectivity index (χ4n) is 3.38. The first-order valence-electron chi connectivity index (χ1n) is 9.84. The molecule has 7 heteroatoms. The van der Waals surface area contributed by atoms with E-state index in [2.05, 4.69) is 33.7 Å². The first-order chi connectivity index (χ1) is 14.1. The van der Waals surface area contributed by atoms with Gasteiger partial charge in [-0.25, -0.2) is 4.68 Å². The molecule has 0 saturated carbocycles. The van der Waals surface area contributed by atoms with Crippen molar-refractivity contribution in [2.24, 2.45) is 0 Å². The molecule has 29 heavy (non-hydrogen) atoms. The van der Waals surface area contributed by atoms with Crippen molar-refractivity contribution in [2.75, 3.05) is 6.54 Å². The topological polar surface area (TPSA) is 88.5 Å². The van der Waals surface area contributed by atoms with Crippen LogP contribution in [0.2, 0.25) is 0 Å². The molecule has 0 fully saturated rings. The number of aromatic nitrogens is 4. The second kappa shape index (κ2) is 9.69. The lowest BCUT2D eigenvalue weighted by molar-refractivity contribution is -0.121. The van der Waals surface area contributed by atoms with Crippen LogP contribution in [0, 0.1) is 25.2 Å². The van der Waals surface area contributed by atoms with E-state index in [4.69, 9.17) is 5.26 Å². The Labute approximate surface area is 171 Å². The third kappa shape index (κ3) is 5.32. The minimum Gasteiger partial charge on any atom is -0.356 e. The van der Waals surface area contributed by atoms with Crippen molar-refractivity contribution in [1.82, 2.24) is 24.9 Å². The minimum absolute atomic E-state index is 0.0433. The lowest BCUT2D eigenvalue weighted by atomic mass is 10.1. The molecular weight excluding hydrogens is 364 g/mol. The lowest BCUT2D eigenvalue weighted by Gasteiger charge is -2.07. The Bertz CT molecular complexity index is 980. The second-order valence-corrected chi connectivity index (χ2v) is 7.00. The van der Waals surface area contributed by atoms with Crippen LogP contribution >= 0.6 is 0 Å². The number of hydrogen-bond acceptors (Lipinski definition) is 4. The van der Waals surface area contributed by atoms with E-state index in [0.717, 1.165) is 29.1 Å². The highest BCUT2D eigenvalue weighted by Gasteiger charge is 2.13. The Hall–Kier alpha value is -3.40. The standard InChI is InChI=1S/C22H26N6O/c1-17-21(18(2)27(26-17)15-3-12-23)9-10-22(29)24-14-11-19-5-7-20(8-6-19)28-16-4-13-25-28/h4-8,13,16H,3,9-11,14-15H2,1-2H3,(H,24,29). The van der Waals surface area contributed by atoms with Gasteiger partial charge in [0.15, 0.2) is 0 Å². The van der Waals surface area contributed by atoms with Crippen molar-refractivity contribution in [3.05, 3.63) is 65.2 Å². The van der Waals surface area contributed by atoms with Gasteiger partial charge in [0.1, 0.15) is 0 Å². The second-order valence-electron chi connectivity index (χ2n) is 7.00. The van der Waals surface area contributed by atoms with Crippen molar-refractivity contribution >= 4 is 5.91 Å². The molecule has 1 N–H and O–H groups in total. The molecule has 0 spiro atoms. The molecule has 0 unspecified atom stereocenters. The summed E-state index contributed by atoms with van der Waals surface area (Å²) in [6.07, 6.45) is 5.98. The molecule has 2 aromatic heterocycles. The average Bonchev–Trinajstić information content (AvgIpc) is 3.34. The van der Waals surface area contributed by atoms with Crippen LogP contribution in [0.3, 0.4) is 0 Å². The first kappa shape index (κ1) is 20.3. The third-order valence-electron chi connectivity index (χ3n) is 5.01. The van der Waals surface area contributed by atoms with E-state index in [0.29, 0.717) is 32.4 Å². The van der Waals surface area contributed by atoms with Crippen LogP contribution in [0.1, 0.15) is 35.4 Å². The summed E-state index contributed by atoms with van der Waals surface area (Å²) in [7, 11) is 0. The van der Waals surface area contributed by atoms with E-state index in [1.54, 1.807) is 6.20 Å². The van der Waals surface area contributed by atoms with Gasteiger partial charge in [-0.3, -0.25) is 9.48 Å². The van der Waals surface area contributed by atoms with E-state index < -0.39 is 0 Å². The zero-order chi connectivity index (χ0) is 20.6. The molecule has 0 saturated heterocycles. The summed E-state index contributed by atoms with van der Waals surface area (Å²) in [6.45, 7) is 5.15. The van der Waals surface area contributed by atoms with Crippen LogP contribution in [-0.4, -0.2) is 32.0 Å². The number of carbonyl (C=O) groups is 1. The van der Waals surface area contributed by atoms with E-state index in [9.17, 15) is 4.79 Å². The number of amides is 1. The zero-order valence-corrected chi connectivity index (χ0v) is 16.9. The van der Waals surface area contributed by atoms with Gasteiger partial charge in [0.05, 0.1) is 30.4 Å². The summed E-state index contributed by atoms with van der Waals surface area (Å²) in [5.74, 6) is 0.0433. The van der Waals surface area contributed by atoms with E-state index in [1.165, 1.54) is 5.56 Å². The molecule has 150 valence electrons. The summed E-state index contributed by atoms with van der Waals surface area (Å²) in [5, 5.41) is 20.4. The van der Waals surface area contributed by atoms with Gasteiger partial charge < -0.3 is 5.32 Å². The normalized spacial score (nSPS) is 10.7. The van der Waals surface area contributed by atoms with Crippen LogP contribution in [0.4, 0.5) is 0 Å². The molecule has 1 amide bonds. The van der Waals surface area contributed by atoms with Crippen molar-refractivity contribution in [3.8, 4) is 11.8 Å². The van der Waals surface area contributed by atoms with Gasteiger partial charge >= 0.3 is 0 Å². The maximum atomic E-state index is 12.2. The minimum atomic E-state index is 0.0433. The molecule has 7 nitrogen and oxygen atoms in total. The summed E-state index contributed by atoms with van der Waals surface area (Å²) in [4.78, 5) is 12.2. The molecule has 0 aliphatic rings. The Kier molecular flexibility index (Phi) is 6.80. The van der Waals surface area contributed by atoms with Crippen LogP contribution in [0.25, 0.3) is 5.69 Å². The largest absolute Gasteiger partial charge is 0.356 e. The Morgan fingerprint density at radius 1 is 1.21 bits per heavy atom. The van der Waals surface area contributed by atoms with Gasteiger partial charge in [-0.1, -0.05) is 12.1 Å². The predicted molar refractivity (Wildman–Crippen MR) is 111 cm³/mol. The summed E-state index contributed by atoms with van der Waals surface area (Å²) < 4.78 is 3.68. The third-order valence-corrected chi connectivity index (χ3v) is 5.01. The summed E-state index contributed by atoms with van der Waals surface area (Å²) >= 11 is 0. The highest BCUT2D eigenvalue weighted by molar-refractivity contribution is 5.76. The number of benzene rings is 1. The molecular formula is C22H26N6O. The quantitative estimate of drug-likeness (QED) is 0.608. The Morgan fingerprint density at radius 3 is 2.69 bits per heavy atom. The SMILES string of the molecule is Cc1nn(CCC#N)c(C)c1CCC(=O)NCCc1ccc(-n2cccn2)cc1. The maximum absolute atomic E-state index is 12.2. The number of rotatable bonds is 9. The van der Waals surface area contributed by atoms with Crippen molar-refractivity contribution in [3.63, 3.8) is 0 Å². The number of nitrogens with zero attached hydrogens (tertiary/aromatic N) is 5. The highest BCUT2D eigenvalue weighted by atomic mass is 16.1. The maximum Gasteiger partial charge on any atom is 0.220 e. The molecule has 2 heterocycles. The number of aryl methyl sites for hydroxylation is 2. The van der Waals surface area contributed by atoms with Gasteiger partial charge in [-0.05, 0) is 56.0 Å². The van der Waals surface area contributed by atoms with E-state index in [1.807, 2.05) is 47.6 Å². The van der Waals surface area contributed by atoms with Gasteiger partial charge in [0.2, 0.25) is 5.91 Å². The van der Waals surface area contributed by atoms with Crippen LogP contribution in [-0.2, 0) is 24.2 Å². The molecule has 0 aliphatic carbocycles. The van der Waals surface area contributed by atoms with Gasteiger partial charge in [0, 0.05) is 31.1 Å². The molecule has 0 aliphatic heterocycles. The number of carbonyl (C=O) groups excluding carboxylic acids is 1. The van der Waals surface area contributed by atoms with E-state index >= 15 is 0 Å². The van der Waals surface area contributed by atoms with Gasteiger partial charge in [-0.15, -0.1) is 0 Å². The predicted octanol–water partition coefficient (Wildman–Crippen LogP) is 2.89.